The van der Waals surface area contributed by atoms with E-state index in [-0.39, 0.29) is 21.0 Å². The average molecular weight is 369 g/mol. The smallest absolute Gasteiger partial charge is 0.398 e. The number of phenolic OH excluding ortho intramolecular Hbond substituents is 1. The van der Waals surface area contributed by atoms with Crippen LogP contribution in [-0.2, 0) is 0 Å². The molecular weight excluding hydrogens is 359 g/mol. The van der Waals surface area contributed by atoms with E-state index >= 15 is 0 Å². The Morgan fingerprint density at radius 2 is 1.61 bits per heavy atom. The molecule has 23 heavy (non-hydrogen) atoms. The van der Waals surface area contributed by atoms with E-state index < -0.39 is 29.3 Å². The Morgan fingerprint density at radius 1 is 1.04 bits per heavy atom. The fraction of sp³-hybridized carbons (Fsp3) is 0.200. The molecule has 8 heteroatoms. The predicted molar refractivity (Wildman–Crippen MR) is 80.0 cm³/mol. The van der Waals surface area contributed by atoms with Gasteiger partial charge < -0.3 is 5.11 Å². The average Bonchev–Trinajstić information content (AvgIpc) is 2.41. The second-order valence-electron chi connectivity index (χ2n) is 4.78. The molecule has 0 aromatic heterocycles. The van der Waals surface area contributed by atoms with E-state index in [0.29, 0.717) is 17.3 Å². The third-order valence-electron chi connectivity index (χ3n) is 2.98. The molecule has 124 valence electrons. The molecule has 0 unspecified atom stereocenters. The second-order valence-corrected chi connectivity index (χ2v) is 6.21. The standard InChI is InChI=1S/C15H10ClF5OS/c1-7-2-11(17)9(4-14(7)23-6-15(19,20)21)8-3-13(22)10(16)5-12(8)18/h2-5,22H,6H2,1H3. The summed E-state index contributed by atoms with van der Waals surface area (Å²) in [5.74, 6) is -3.29. The number of benzene rings is 2. The van der Waals surface area contributed by atoms with Gasteiger partial charge in [-0.3, -0.25) is 0 Å². The Hall–Kier alpha value is -1.47. The quantitative estimate of drug-likeness (QED) is 0.533. The lowest BCUT2D eigenvalue weighted by Gasteiger charge is -2.13. The first-order valence-electron chi connectivity index (χ1n) is 6.26. The zero-order valence-electron chi connectivity index (χ0n) is 11.6. The fourth-order valence-corrected chi connectivity index (χ4v) is 2.88. The molecule has 1 nitrogen and oxygen atoms in total. The van der Waals surface area contributed by atoms with Crippen LogP contribution >= 0.6 is 23.4 Å². The van der Waals surface area contributed by atoms with Gasteiger partial charge in [-0.1, -0.05) is 11.6 Å². The minimum Gasteiger partial charge on any atom is -0.506 e. The van der Waals surface area contributed by atoms with Gasteiger partial charge in [-0.05, 0) is 36.8 Å². The number of hydrogen-bond donors (Lipinski definition) is 1. The van der Waals surface area contributed by atoms with Crippen LogP contribution in [0.25, 0.3) is 11.1 Å². The number of hydrogen-bond acceptors (Lipinski definition) is 2. The van der Waals surface area contributed by atoms with Crippen LogP contribution in [0.15, 0.2) is 29.2 Å². The number of aryl methyl sites for hydroxylation is 1. The summed E-state index contributed by atoms with van der Waals surface area (Å²) in [5, 5.41) is 9.29. The van der Waals surface area contributed by atoms with E-state index in [4.69, 9.17) is 11.6 Å². The van der Waals surface area contributed by atoms with Crippen LogP contribution in [0, 0.1) is 18.6 Å². The Kier molecular flexibility index (Phi) is 5.10. The largest absolute Gasteiger partial charge is 0.506 e. The van der Waals surface area contributed by atoms with Crippen molar-refractivity contribution in [3.8, 4) is 16.9 Å². The summed E-state index contributed by atoms with van der Waals surface area (Å²) >= 11 is 6.04. The summed E-state index contributed by atoms with van der Waals surface area (Å²) in [6, 6.07) is 3.91. The van der Waals surface area contributed by atoms with Crippen molar-refractivity contribution in [3.63, 3.8) is 0 Å². The van der Waals surface area contributed by atoms with E-state index in [1.807, 2.05) is 0 Å². The number of thioether (sulfide) groups is 1. The summed E-state index contributed by atoms with van der Waals surface area (Å²) in [7, 11) is 0. The van der Waals surface area contributed by atoms with Gasteiger partial charge in [0.05, 0.1) is 10.8 Å². The number of aromatic hydroxyl groups is 1. The molecule has 0 spiro atoms. The van der Waals surface area contributed by atoms with Gasteiger partial charge in [-0.25, -0.2) is 8.78 Å². The van der Waals surface area contributed by atoms with Gasteiger partial charge in [-0.2, -0.15) is 13.2 Å². The van der Waals surface area contributed by atoms with Gasteiger partial charge in [0.15, 0.2) is 0 Å². The highest BCUT2D eigenvalue weighted by atomic mass is 35.5. The molecule has 0 atom stereocenters. The summed E-state index contributed by atoms with van der Waals surface area (Å²) in [6.45, 7) is 1.46. The van der Waals surface area contributed by atoms with Crippen LogP contribution in [0.4, 0.5) is 22.0 Å². The molecule has 0 bridgehead atoms. The molecule has 0 heterocycles. The van der Waals surface area contributed by atoms with E-state index in [1.54, 1.807) is 0 Å². The summed E-state index contributed by atoms with van der Waals surface area (Å²) in [5.41, 5.74) is -0.220. The molecule has 0 amide bonds. The molecule has 0 aliphatic rings. The lowest BCUT2D eigenvalue weighted by Crippen LogP contribution is -2.10. The van der Waals surface area contributed by atoms with Gasteiger partial charge in [-0.15, -0.1) is 11.8 Å². The summed E-state index contributed by atoms with van der Waals surface area (Å²) < 4.78 is 65.0. The molecular formula is C15H10ClF5OS. The molecule has 0 saturated heterocycles. The maximum atomic E-state index is 14.1. The third-order valence-corrected chi connectivity index (χ3v) is 4.51. The Bertz CT molecular complexity index is 746. The molecule has 0 aliphatic carbocycles. The maximum Gasteiger partial charge on any atom is 0.398 e. The molecule has 1 N–H and O–H groups in total. The maximum absolute atomic E-state index is 14.1. The van der Waals surface area contributed by atoms with Crippen LogP contribution in [0.1, 0.15) is 5.56 Å². The van der Waals surface area contributed by atoms with Crippen molar-refractivity contribution in [1.29, 1.82) is 0 Å². The van der Waals surface area contributed by atoms with Gasteiger partial charge >= 0.3 is 6.18 Å². The number of halogens is 6. The van der Waals surface area contributed by atoms with Crippen molar-refractivity contribution in [3.05, 3.63) is 46.5 Å². The third kappa shape index (κ3) is 4.29. The normalized spacial score (nSPS) is 11.8. The molecule has 0 aliphatic heterocycles. The topological polar surface area (TPSA) is 20.2 Å². The highest BCUT2D eigenvalue weighted by Gasteiger charge is 2.28. The van der Waals surface area contributed by atoms with Gasteiger partial charge in [0.2, 0.25) is 0 Å². The zero-order valence-corrected chi connectivity index (χ0v) is 13.2. The van der Waals surface area contributed by atoms with Crippen LogP contribution in [-0.4, -0.2) is 17.0 Å². The molecule has 0 radical (unpaired) electrons. The van der Waals surface area contributed by atoms with Gasteiger partial charge in [0, 0.05) is 16.0 Å². The highest BCUT2D eigenvalue weighted by Crippen LogP contribution is 2.37. The monoisotopic (exact) mass is 368 g/mol. The number of rotatable bonds is 3. The van der Waals surface area contributed by atoms with Crippen molar-refractivity contribution >= 4 is 23.4 Å². The molecule has 2 aromatic rings. The zero-order chi connectivity index (χ0) is 17.4. The summed E-state index contributed by atoms with van der Waals surface area (Å²) in [4.78, 5) is 0.174. The number of alkyl halides is 3. The minimum absolute atomic E-state index is 0.174. The van der Waals surface area contributed by atoms with Crippen molar-refractivity contribution in [1.82, 2.24) is 0 Å². The molecule has 2 rings (SSSR count). The molecule has 2 aromatic carbocycles. The van der Waals surface area contributed by atoms with Crippen molar-refractivity contribution in [2.75, 3.05) is 5.75 Å². The van der Waals surface area contributed by atoms with Gasteiger partial charge in [0.1, 0.15) is 17.4 Å². The van der Waals surface area contributed by atoms with Crippen LogP contribution in [0.2, 0.25) is 5.02 Å². The number of phenols is 1. The Morgan fingerprint density at radius 3 is 2.22 bits per heavy atom. The van der Waals surface area contributed by atoms with Crippen molar-refractivity contribution < 1.29 is 27.1 Å². The van der Waals surface area contributed by atoms with Gasteiger partial charge in [0.25, 0.3) is 0 Å². The van der Waals surface area contributed by atoms with Crippen LogP contribution in [0.5, 0.6) is 5.75 Å². The second kappa shape index (κ2) is 6.57. The van der Waals surface area contributed by atoms with E-state index in [0.717, 1.165) is 24.3 Å². The van der Waals surface area contributed by atoms with E-state index in [2.05, 4.69) is 0 Å². The van der Waals surface area contributed by atoms with E-state index in [1.165, 1.54) is 6.92 Å². The molecule has 0 fully saturated rings. The Balaban J connectivity index is 2.49. The van der Waals surface area contributed by atoms with Crippen molar-refractivity contribution in [2.45, 2.75) is 18.0 Å². The lowest BCUT2D eigenvalue weighted by atomic mass is 10.0. The highest BCUT2D eigenvalue weighted by molar-refractivity contribution is 7.99. The van der Waals surface area contributed by atoms with Crippen LogP contribution in [0.3, 0.4) is 0 Å². The summed E-state index contributed by atoms with van der Waals surface area (Å²) in [6.07, 6.45) is -4.38. The SMILES string of the molecule is Cc1cc(F)c(-c2cc(O)c(Cl)cc2F)cc1SCC(F)(F)F. The Labute approximate surface area is 138 Å². The van der Waals surface area contributed by atoms with Crippen LogP contribution < -0.4 is 0 Å². The van der Waals surface area contributed by atoms with E-state index in [9.17, 15) is 27.1 Å². The first kappa shape index (κ1) is 17.9. The minimum atomic E-state index is -4.38. The fourth-order valence-electron chi connectivity index (χ4n) is 1.92. The lowest BCUT2D eigenvalue weighted by molar-refractivity contribution is -0.105. The first-order chi connectivity index (χ1) is 10.6. The molecule has 0 saturated carbocycles. The first-order valence-corrected chi connectivity index (χ1v) is 7.63. The predicted octanol–water partition coefficient (Wildman–Crippen LogP) is 5.95. The van der Waals surface area contributed by atoms with Crippen molar-refractivity contribution in [2.24, 2.45) is 0 Å².